The van der Waals surface area contributed by atoms with E-state index < -0.39 is 107 Å². The number of hydrogen-bond acceptors (Lipinski definition) is 11. The quantitative estimate of drug-likeness (QED) is 0.0610. The second kappa shape index (κ2) is 25.2. The number of benzene rings is 5. The fourth-order valence-electron chi connectivity index (χ4n) is 4.45. The van der Waals surface area contributed by atoms with E-state index in [0.29, 0.717) is 43.7 Å². The van der Waals surface area contributed by atoms with Crippen molar-refractivity contribution in [3.8, 4) is 11.5 Å². The van der Waals surface area contributed by atoms with Gasteiger partial charge >= 0.3 is 0 Å². The Morgan fingerprint density at radius 1 is 0.655 bits per heavy atom. The summed E-state index contributed by atoms with van der Waals surface area (Å²) in [5.74, 6) is -0.850. The molecular weight excluding hydrogens is 797 g/mol. The molecule has 0 heterocycles. The van der Waals surface area contributed by atoms with Gasteiger partial charge in [0.2, 0.25) is 0 Å². The summed E-state index contributed by atoms with van der Waals surface area (Å²) in [7, 11) is -4.40. The molecule has 0 fully saturated rings. The Bertz CT molecular complexity index is 3030. The third-order valence-electron chi connectivity index (χ3n) is 7.00. The molecule has 0 radical (unpaired) electrons. The van der Waals surface area contributed by atoms with Crippen LogP contribution >= 0.6 is 23.5 Å². The Hall–Kier alpha value is -4.31. The molecule has 314 valence electrons. The van der Waals surface area contributed by atoms with Gasteiger partial charge in [0.15, 0.2) is 0 Å². The zero-order chi connectivity index (χ0) is 63.3. The molecule has 0 saturated carbocycles. The first-order valence-electron chi connectivity index (χ1n) is 28.4. The number of rotatable bonds is 19. The van der Waals surface area contributed by atoms with Crippen LogP contribution < -0.4 is 20.9 Å². The Balaban J connectivity index is 0.000000430. The molecule has 58 heavy (non-hydrogen) atoms. The van der Waals surface area contributed by atoms with Gasteiger partial charge in [-0.25, -0.2) is 0 Å². The minimum Gasteiger partial charge on any atom is -0.493 e. The van der Waals surface area contributed by atoms with Crippen LogP contribution in [-0.4, -0.2) is 79.6 Å². The molecular formula is C44H56F2N4O5S3. The molecule has 0 unspecified atom stereocenters. The van der Waals surface area contributed by atoms with E-state index >= 15 is 0 Å². The first-order valence-corrected chi connectivity index (χ1v) is 19.4. The second-order valence-electron chi connectivity index (χ2n) is 11.2. The van der Waals surface area contributed by atoms with E-state index in [0.717, 1.165) is 47.8 Å². The number of halogens is 2. The third kappa shape index (κ3) is 16.5. The summed E-state index contributed by atoms with van der Waals surface area (Å²) >= 11 is 2.13. The summed E-state index contributed by atoms with van der Waals surface area (Å²) in [4.78, 5) is 1.80. The minimum atomic E-state index is -4.90. The summed E-state index contributed by atoms with van der Waals surface area (Å²) in [5.41, 5.74) is 13.5. The lowest BCUT2D eigenvalue weighted by Gasteiger charge is -2.16. The molecule has 5 aromatic carbocycles. The van der Waals surface area contributed by atoms with Crippen LogP contribution in [-0.2, 0) is 27.4 Å². The maximum absolute atomic E-state index is 13.7. The van der Waals surface area contributed by atoms with E-state index in [9.17, 15) is 17.2 Å². The highest BCUT2D eigenvalue weighted by Gasteiger charge is 2.15. The van der Waals surface area contributed by atoms with Gasteiger partial charge in [-0.05, 0) is 119 Å². The van der Waals surface area contributed by atoms with Crippen molar-refractivity contribution in [1.82, 2.24) is 9.80 Å². The number of ether oxygens (including phenoxy) is 2. The van der Waals surface area contributed by atoms with Crippen molar-refractivity contribution in [2.45, 2.75) is 57.2 Å². The maximum atomic E-state index is 13.7. The van der Waals surface area contributed by atoms with E-state index in [1.165, 1.54) is 36.4 Å². The molecule has 0 aromatic heterocycles. The highest BCUT2D eigenvalue weighted by atomic mass is 32.2. The monoisotopic (exact) mass is 876 g/mol. The van der Waals surface area contributed by atoms with Gasteiger partial charge in [-0.3, -0.25) is 13.0 Å². The van der Waals surface area contributed by atoms with Gasteiger partial charge in [-0.1, -0.05) is 65.5 Å². The van der Waals surface area contributed by atoms with Crippen molar-refractivity contribution in [1.29, 1.82) is 0 Å². The van der Waals surface area contributed by atoms with Crippen LogP contribution in [0.1, 0.15) is 62.3 Å². The number of alkyl halides is 2. The molecule has 0 saturated heterocycles. The molecule has 5 rings (SSSR count). The lowest BCUT2D eigenvalue weighted by atomic mass is 10.2. The lowest BCUT2D eigenvalue weighted by Crippen LogP contribution is -2.12. The van der Waals surface area contributed by atoms with Crippen molar-refractivity contribution >= 4 is 45.0 Å². The molecule has 0 spiro atoms. The van der Waals surface area contributed by atoms with Crippen LogP contribution in [0.4, 0.5) is 20.2 Å². The van der Waals surface area contributed by atoms with E-state index in [4.69, 9.17) is 53.8 Å². The fraction of sp³-hybridized carbons (Fsp3) is 0.318. The van der Waals surface area contributed by atoms with Gasteiger partial charge in [0, 0.05) is 78.7 Å². The number of nitrogens with two attached hydrogens (primary N) is 2. The van der Waals surface area contributed by atoms with Crippen molar-refractivity contribution in [2.75, 3.05) is 72.9 Å². The highest BCUT2D eigenvalue weighted by molar-refractivity contribution is 7.99. The zero-order valence-electron chi connectivity index (χ0n) is 54.9. The Morgan fingerprint density at radius 3 is 1.57 bits per heavy atom. The largest absolute Gasteiger partial charge is 0.493 e. The van der Waals surface area contributed by atoms with Crippen molar-refractivity contribution < 1.29 is 63.8 Å². The summed E-state index contributed by atoms with van der Waals surface area (Å²) in [5, 5.41) is 0. The van der Waals surface area contributed by atoms with Gasteiger partial charge in [0.05, 0.1) is 49.3 Å². The van der Waals surface area contributed by atoms with Crippen molar-refractivity contribution in [3.63, 3.8) is 0 Å². The van der Waals surface area contributed by atoms with Crippen LogP contribution in [0.25, 0.3) is 0 Å². The number of nitrogens with zero attached hydrogens (tertiary/aromatic N) is 2. The van der Waals surface area contributed by atoms with E-state index in [-0.39, 0.29) is 20.9 Å². The van der Waals surface area contributed by atoms with E-state index in [2.05, 4.69) is 4.18 Å². The summed E-state index contributed by atoms with van der Waals surface area (Å²) in [6.07, 6.45) is -7.50. The summed E-state index contributed by atoms with van der Waals surface area (Å²) in [6, 6.07) is 25.6. The Kier molecular flexibility index (Phi) is 10.2. The predicted octanol–water partition coefficient (Wildman–Crippen LogP) is 9.77. The summed E-state index contributed by atoms with van der Waals surface area (Å²) in [6.45, 7) is -26.9. The zero-order valence-corrected chi connectivity index (χ0v) is 33.3. The Labute approximate surface area is 385 Å². The maximum Gasteiger partial charge on any atom is 0.296 e. The molecule has 0 aliphatic heterocycles. The first kappa shape index (κ1) is 23.5. The lowest BCUT2D eigenvalue weighted by molar-refractivity contribution is 0.250. The van der Waals surface area contributed by atoms with Crippen molar-refractivity contribution in [3.05, 3.63) is 126 Å². The molecule has 0 aliphatic carbocycles. The van der Waals surface area contributed by atoms with Crippen LogP contribution in [0.2, 0.25) is 0 Å². The van der Waals surface area contributed by atoms with Crippen LogP contribution in [0, 0.1) is 6.92 Å². The first-order chi connectivity index (χ1) is 37.0. The molecule has 0 amide bonds. The normalized spacial score (nSPS) is 19.6. The van der Waals surface area contributed by atoms with Crippen LogP contribution in [0.15, 0.2) is 134 Å². The van der Waals surface area contributed by atoms with E-state index in [1.807, 2.05) is 0 Å². The highest BCUT2D eigenvalue weighted by Crippen LogP contribution is 2.37. The number of aryl methyl sites for hydroxylation is 1. The van der Waals surface area contributed by atoms with Gasteiger partial charge in [-0.15, -0.1) is 0 Å². The number of anilines is 2. The van der Waals surface area contributed by atoms with Crippen molar-refractivity contribution in [2.24, 2.45) is 0 Å². The van der Waals surface area contributed by atoms with Crippen LogP contribution in [0.3, 0.4) is 0 Å². The number of para-hydroxylation sites is 2. The molecule has 9 nitrogen and oxygen atoms in total. The summed E-state index contributed by atoms with van der Waals surface area (Å²) < 4.78 is 249. The van der Waals surface area contributed by atoms with Gasteiger partial charge in [0.1, 0.15) is 11.5 Å². The Morgan fingerprint density at radius 2 is 1.12 bits per heavy atom. The average Bonchev–Trinajstić information content (AvgIpc) is 3.52. The smallest absolute Gasteiger partial charge is 0.296 e. The molecule has 0 bridgehead atoms. The van der Waals surface area contributed by atoms with Gasteiger partial charge in [-0.2, -0.15) is 8.42 Å². The third-order valence-corrected chi connectivity index (χ3v) is 10.6. The average molecular weight is 877 g/mol. The van der Waals surface area contributed by atoms with Gasteiger partial charge in [0.25, 0.3) is 10.1 Å². The SMILES string of the molecule is C[18F].[2H]C([2H])([2H])N(Cc1cc(OC([2H])([2H])C([2H])([2H])C([2H])([2H])OS(=O)(=O)c2ccc(C)cc2)ccc1Sc1ccccc1N)C([2H])([2H])[2H].[2H]C([2H])([2H])N(Cc1cc(OC([2H])([2H])C([2H])([2H])C([2H])([2H])[18F])ccc1Sc1ccccc1N)C([2H])([2H])[2H]. The molecule has 0 aliphatic rings. The number of hydrogen-bond donors (Lipinski definition) is 2. The van der Waals surface area contributed by atoms with Crippen LogP contribution in [0.5, 0.6) is 11.5 Å². The molecule has 4 N–H and O–H groups in total. The van der Waals surface area contributed by atoms with E-state index in [1.54, 1.807) is 55.5 Å². The number of nitrogen functional groups attached to an aromatic ring is 2. The minimum absolute atomic E-state index is 0.0190. The predicted molar refractivity (Wildman–Crippen MR) is 235 cm³/mol. The molecule has 0 atom stereocenters. The standard InChI is InChI=1S/C25H30N2O4S2.C18H23FN2OS.CH3F/c1-19-9-12-22(13-10-19)33(28,29)31-16-6-15-30-21-11-14-24(20(17-21)18-27(2)3)32-25-8-5-4-7-23(25)26;1-21(2)13-14-12-15(22-11-5-10-19)8-9-17(14)23-18-7-4-3-6-16(18)20;1-2/h4-5,7-14,17H,6,15-16,18,26H2,1-3H3;3-4,6-9,12H,5,10-11,13,20H2,1-2H3;1H3/i2D3,3D3,6D2,15D2,16D2;1D3,2D3,5D2,10D2,11D2,19-1;2-1. The molecule has 5 aromatic rings. The van der Waals surface area contributed by atoms with Gasteiger partial charge < -0.3 is 30.7 Å². The second-order valence-corrected chi connectivity index (χ2v) is 14.9. The molecule has 14 heteroatoms. The fourth-order valence-corrected chi connectivity index (χ4v) is 7.08. The topological polar surface area (TPSA) is 120 Å².